The zero-order valence-corrected chi connectivity index (χ0v) is 6.87. The van der Waals surface area contributed by atoms with Crippen molar-refractivity contribution in [1.82, 2.24) is 0 Å². The van der Waals surface area contributed by atoms with Crippen LogP contribution in [0.1, 0.15) is 5.56 Å². The molecule has 0 saturated heterocycles. The molecule has 0 aromatic heterocycles. The third kappa shape index (κ3) is 1.23. The van der Waals surface area contributed by atoms with Crippen LogP contribution >= 0.6 is 0 Å². The molecule has 1 rings (SSSR count). The molecule has 1 aromatic rings. The molecule has 0 fully saturated rings. The van der Waals surface area contributed by atoms with Crippen LogP contribution in [0.2, 0.25) is 0 Å². The Morgan fingerprint density at radius 2 is 2.17 bits per heavy atom. The number of methoxy groups -OCH3 is 1. The average Bonchev–Trinajstić information content (AvgIpc) is 2.06. The second kappa shape index (κ2) is 3.21. The highest BCUT2D eigenvalue weighted by Gasteiger charge is 2.10. The molecule has 0 bridgehead atoms. The smallest absolute Gasteiger partial charge is 0.187 e. The SMILES string of the molecule is COc1ccc(C)c(N=O)c1O. The molecule has 4 heteroatoms. The third-order valence-corrected chi connectivity index (χ3v) is 1.63. The lowest BCUT2D eigenvalue weighted by Crippen LogP contribution is -1.84. The summed E-state index contributed by atoms with van der Waals surface area (Å²) in [5.74, 6) is 0.0581. The monoisotopic (exact) mass is 167 g/mol. The summed E-state index contributed by atoms with van der Waals surface area (Å²) in [4.78, 5) is 10.3. The van der Waals surface area contributed by atoms with Crippen molar-refractivity contribution in [1.29, 1.82) is 0 Å². The highest BCUT2D eigenvalue weighted by Crippen LogP contribution is 2.38. The van der Waals surface area contributed by atoms with E-state index in [1.54, 1.807) is 19.1 Å². The van der Waals surface area contributed by atoms with E-state index in [4.69, 9.17) is 4.74 Å². The lowest BCUT2D eigenvalue weighted by Gasteiger charge is -2.05. The molecule has 0 atom stereocenters. The molecule has 12 heavy (non-hydrogen) atoms. The lowest BCUT2D eigenvalue weighted by molar-refractivity contribution is 0.374. The predicted octanol–water partition coefficient (Wildman–Crippen LogP) is 2.11. The standard InChI is InChI=1S/C8H9NO3/c1-5-3-4-6(12-2)8(10)7(5)9-11/h3-4,10H,1-2H3. The van der Waals surface area contributed by atoms with Crippen LogP contribution in [0.15, 0.2) is 17.3 Å². The number of hydrogen-bond acceptors (Lipinski definition) is 4. The van der Waals surface area contributed by atoms with E-state index < -0.39 is 0 Å². The van der Waals surface area contributed by atoms with Crippen LogP contribution in [-0.2, 0) is 0 Å². The first kappa shape index (κ1) is 8.52. The third-order valence-electron chi connectivity index (χ3n) is 1.63. The Balaban J connectivity index is 3.33. The van der Waals surface area contributed by atoms with E-state index in [0.29, 0.717) is 5.56 Å². The normalized spacial score (nSPS) is 9.50. The number of benzene rings is 1. The van der Waals surface area contributed by atoms with Crippen molar-refractivity contribution < 1.29 is 9.84 Å². The maximum atomic E-state index is 10.3. The van der Waals surface area contributed by atoms with Gasteiger partial charge in [0, 0.05) is 0 Å². The first-order valence-corrected chi connectivity index (χ1v) is 3.40. The number of phenolic OH excluding ortho intramolecular Hbond substituents is 1. The van der Waals surface area contributed by atoms with E-state index in [0.717, 1.165) is 0 Å². The van der Waals surface area contributed by atoms with Crippen LogP contribution in [0.25, 0.3) is 0 Å². The van der Waals surface area contributed by atoms with Crippen LogP contribution in [0, 0.1) is 11.8 Å². The highest BCUT2D eigenvalue weighted by molar-refractivity contribution is 5.62. The molecule has 64 valence electrons. The average molecular weight is 167 g/mol. The Hall–Kier alpha value is -1.58. The Morgan fingerprint density at radius 3 is 2.67 bits per heavy atom. The van der Waals surface area contributed by atoms with Gasteiger partial charge in [0.05, 0.1) is 7.11 Å². The fourth-order valence-electron chi connectivity index (χ4n) is 0.942. The van der Waals surface area contributed by atoms with Crippen molar-refractivity contribution in [2.75, 3.05) is 7.11 Å². The summed E-state index contributed by atoms with van der Waals surface area (Å²) in [6.07, 6.45) is 0. The minimum absolute atomic E-state index is 0.0364. The van der Waals surface area contributed by atoms with Gasteiger partial charge in [-0.15, -0.1) is 4.91 Å². The van der Waals surface area contributed by atoms with Gasteiger partial charge in [0.1, 0.15) is 0 Å². The second-order valence-electron chi connectivity index (χ2n) is 2.37. The van der Waals surface area contributed by atoms with E-state index in [-0.39, 0.29) is 17.2 Å². The van der Waals surface area contributed by atoms with Gasteiger partial charge >= 0.3 is 0 Å². The van der Waals surface area contributed by atoms with Gasteiger partial charge in [-0.1, -0.05) is 6.07 Å². The summed E-state index contributed by atoms with van der Waals surface area (Å²) in [7, 11) is 1.42. The molecule has 0 radical (unpaired) electrons. The van der Waals surface area contributed by atoms with Crippen molar-refractivity contribution in [2.24, 2.45) is 5.18 Å². The van der Waals surface area contributed by atoms with Crippen LogP contribution < -0.4 is 4.74 Å². The molecule has 0 heterocycles. The highest BCUT2D eigenvalue weighted by atomic mass is 16.5. The van der Waals surface area contributed by atoms with Gasteiger partial charge in [-0.3, -0.25) is 0 Å². The van der Waals surface area contributed by atoms with E-state index in [1.165, 1.54) is 7.11 Å². The summed E-state index contributed by atoms with van der Waals surface area (Å²) in [6.45, 7) is 1.69. The van der Waals surface area contributed by atoms with Gasteiger partial charge in [0.25, 0.3) is 0 Å². The fraction of sp³-hybridized carbons (Fsp3) is 0.250. The number of nitroso groups, excluding NO2 is 1. The van der Waals surface area contributed by atoms with Crippen molar-refractivity contribution in [3.8, 4) is 11.5 Å². The molecule has 0 unspecified atom stereocenters. The van der Waals surface area contributed by atoms with E-state index in [9.17, 15) is 10.0 Å². The molecule has 0 spiro atoms. The lowest BCUT2D eigenvalue weighted by atomic mass is 10.2. The molecule has 0 amide bonds. The zero-order valence-electron chi connectivity index (χ0n) is 6.87. The topological polar surface area (TPSA) is 58.9 Å². The van der Waals surface area contributed by atoms with E-state index in [2.05, 4.69) is 5.18 Å². The molecular formula is C8H9NO3. The van der Waals surface area contributed by atoms with Crippen molar-refractivity contribution in [2.45, 2.75) is 6.92 Å². The number of ether oxygens (including phenoxy) is 1. The molecule has 0 saturated carbocycles. The van der Waals surface area contributed by atoms with Crippen LogP contribution in [0.5, 0.6) is 11.5 Å². The number of rotatable bonds is 2. The number of phenols is 1. The minimum Gasteiger partial charge on any atom is -0.503 e. The van der Waals surface area contributed by atoms with Gasteiger partial charge < -0.3 is 9.84 Å². The van der Waals surface area contributed by atoms with Crippen molar-refractivity contribution >= 4 is 5.69 Å². The maximum absolute atomic E-state index is 10.3. The first-order valence-electron chi connectivity index (χ1n) is 3.40. The van der Waals surface area contributed by atoms with Gasteiger partial charge in [0.2, 0.25) is 0 Å². The van der Waals surface area contributed by atoms with Gasteiger partial charge in [0.15, 0.2) is 17.2 Å². The number of aryl methyl sites for hydroxylation is 1. The van der Waals surface area contributed by atoms with E-state index in [1.807, 2.05) is 0 Å². The van der Waals surface area contributed by atoms with Gasteiger partial charge in [-0.25, -0.2) is 0 Å². The summed E-state index contributed by atoms with van der Waals surface area (Å²) in [5.41, 5.74) is 0.664. The number of hydrogen-bond donors (Lipinski definition) is 1. The molecular weight excluding hydrogens is 158 g/mol. The predicted molar refractivity (Wildman–Crippen MR) is 44.9 cm³/mol. The maximum Gasteiger partial charge on any atom is 0.187 e. The van der Waals surface area contributed by atoms with Crippen molar-refractivity contribution in [3.05, 3.63) is 22.6 Å². The zero-order chi connectivity index (χ0) is 9.14. The van der Waals surface area contributed by atoms with Gasteiger partial charge in [-0.05, 0) is 23.7 Å². The molecule has 0 aliphatic heterocycles. The Labute approximate surface area is 69.8 Å². The minimum atomic E-state index is -0.201. The van der Waals surface area contributed by atoms with Crippen LogP contribution in [-0.4, -0.2) is 12.2 Å². The Morgan fingerprint density at radius 1 is 1.50 bits per heavy atom. The van der Waals surface area contributed by atoms with E-state index >= 15 is 0 Å². The molecule has 0 aliphatic rings. The second-order valence-corrected chi connectivity index (χ2v) is 2.37. The molecule has 1 N–H and O–H groups in total. The quantitative estimate of drug-likeness (QED) is 0.686. The van der Waals surface area contributed by atoms with Crippen molar-refractivity contribution in [3.63, 3.8) is 0 Å². The molecule has 1 aromatic carbocycles. The van der Waals surface area contributed by atoms with Crippen LogP contribution in [0.4, 0.5) is 5.69 Å². The largest absolute Gasteiger partial charge is 0.503 e. The number of aromatic hydroxyl groups is 1. The number of nitrogens with zero attached hydrogens (tertiary/aromatic N) is 1. The first-order chi connectivity index (χ1) is 5.70. The van der Waals surface area contributed by atoms with Crippen LogP contribution in [0.3, 0.4) is 0 Å². The Kier molecular flexibility index (Phi) is 2.28. The summed E-state index contributed by atoms with van der Waals surface area (Å²) < 4.78 is 4.79. The molecule has 0 aliphatic carbocycles. The molecule has 4 nitrogen and oxygen atoms in total. The summed E-state index contributed by atoms with van der Waals surface area (Å²) in [6, 6.07) is 3.24. The van der Waals surface area contributed by atoms with Gasteiger partial charge in [-0.2, -0.15) is 0 Å². The summed E-state index contributed by atoms with van der Waals surface area (Å²) in [5, 5.41) is 12.0. The fourth-order valence-corrected chi connectivity index (χ4v) is 0.942. The summed E-state index contributed by atoms with van der Waals surface area (Å²) >= 11 is 0. The Bertz CT molecular complexity index is 309.